The van der Waals surface area contributed by atoms with Gasteiger partial charge in [-0.05, 0) is 25.2 Å². The summed E-state index contributed by atoms with van der Waals surface area (Å²) >= 11 is 0. The molecule has 0 aromatic heterocycles. The lowest BCUT2D eigenvalue weighted by Gasteiger charge is -2.41. The Hall–Kier alpha value is -0.610. The number of fused-ring (bicyclic) bond motifs is 2. The summed E-state index contributed by atoms with van der Waals surface area (Å²) < 4.78 is 10.9. The van der Waals surface area contributed by atoms with Crippen LogP contribution in [0.1, 0.15) is 26.2 Å². The van der Waals surface area contributed by atoms with E-state index < -0.39 is 48.1 Å². The number of ketones is 1. The molecule has 3 rings (SSSR count). The maximum atomic E-state index is 12.8. The van der Waals surface area contributed by atoms with Crippen LogP contribution in [0, 0.1) is 16.7 Å². The van der Waals surface area contributed by atoms with E-state index in [1.807, 2.05) is 0 Å². The predicted molar refractivity (Wildman–Crippen MR) is 79.7 cm³/mol. The molecule has 2 saturated carbocycles. The molecule has 1 aliphatic heterocycles. The Morgan fingerprint density at radius 3 is 2.50 bits per heavy atom. The first-order chi connectivity index (χ1) is 11.3. The highest BCUT2D eigenvalue weighted by Gasteiger charge is 2.63. The molecule has 2 bridgehead atoms. The molecule has 8 heteroatoms. The topological polar surface area (TPSA) is 137 Å². The Labute approximate surface area is 140 Å². The van der Waals surface area contributed by atoms with Crippen molar-refractivity contribution in [3.05, 3.63) is 0 Å². The van der Waals surface area contributed by atoms with Gasteiger partial charge in [-0.15, -0.1) is 0 Å². The highest BCUT2D eigenvalue weighted by Crippen LogP contribution is 2.60. The molecule has 24 heavy (non-hydrogen) atoms. The van der Waals surface area contributed by atoms with E-state index in [0.29, 0.717) is 12.8 Å². The van der Waals surface area contributed by atoms with Gasteiger partial charge < -0.3 is 35.0 Å². The number of ether oxygens (including phenoxy) is 2. The first-order valence-corrected chi connectivity index (χ1v) is 8.37. The van der Waals surface area contributed by atoms with Crippen LogP contribution in [0.3, 0.4) is 0 Å². The SMILES string of the molecule is CC1(CO)C(=O)C2(COC3OC(CO)C(O)C(O)C3O)CCC1C2. The van der Waals surface area contributed by atoms with Gasteiger partial charge in [-0.25, -0.2) is 0 Å². The van der Waals surface area contributed by atoms with Gasteiger partial charge in [0, 0.05) is 0 Å². The smallest absolute Gasteiger partial charge is 0.186 e. The molecule has 5 N–H and O–H groups in total. The first kappa shape index (κ1) is 18.2. The number of aliphatic hydroxyl groups excluding tert-OH is 5. The maximum Gasteiger partial charge on any atom is 0.186 e. The Bertz CT molecular complexity index is 496. The van der Waals surface area contributed by atoms with E-state index in [2.05, 4.69) is 0 Å². The zero-order valence-electron chi connectivity index (χ0n) is 13.7. The molecule has 1 saturated heterocycles. The van der Waals surface area contributed by atoms with Gasteiger partial charge in [0.25, 0.3) is 0 Å². The fraction of sp³-hybridized carbons (Fsp3) is 0.938. The average molecular weight is 346 g/mol. The molecular formula is C16H26O8. The summed E-state index contributed by atoms with van der Waals surface area (Å²) in [7, 11) is 0. The number of carbonyl (C=O) groups is 1. The van der Waals surface area contributed by atoms with Crippen LogP contribution in [0.5, 0.6) is 0 Å². The molecule has 0 aromatic carbocycles. The van der Waals surface area contributed by atoms with E-state index in [0.717, 1.165) is 6.42 Å². The lowest BCUT2D eigenvalue weighted by atomic mass is 9.70. The largest absolute Gasteiger partial charge is 0.395 e. The van der Waals surface area contributed by atoms with E-state index in [-0.39, 0.29) is 24.9 Å². The van der Waals surface area contributed by atoms with Gasteiger partial charge in [-0.1, -0.05) is 6.92 Å². The summed E-state index contributed by atoms with van der Waals surface area (Å²) in [6.07, 6.45) is -4.57. The number of hydrogen-bond donors (Lipinski definition) is 5. The van der Waals surface area contributed by atoms with Crippen molar-refractivity contribution in [2.24, 2.45) is 16.7 Å². The molecule has 8 unspecified atom stereocenters. The van der Waals surface area contributed by atoms with Crippen LogP contribution in [0.15, 0.2) is 0 Å². The minimum Gasteiger partial charge on any atom is -0.395 e. The van der Waals surface area contributed by atoms with Gasteiger partial charge in [0.15, 0.2) is 6.29 Å². The summed E-state index contributed by atoms with van der Waals surface area (Å²) in [6, 6.07) is 0. The van der Waals surface area contributed by atoms with Gasteiger partial charge >= 0.3 is 0 Å². The summed E-state index contributed by atoms with van der Waals surface area (Å²) in [6.45, 7) is 1.06. The van der Waals surface area contributed by atoms with Crippen LogP contribution >= 0.6 is 0 Å². The maximum absolute atomic E-state index is 12.8. The molecule has 3 fully saturated rings. The second-order valence-corrected chi connectivity index (χ2v) is 7.63. The minimum atomic E-state index is -1.50. The van der Waals surface area contributed by atoms with Crippen molar-refractivity contribution in [3.8, 4) is 0 Å². The number of rotatable bonds is 5. The lowest BCUT2D eigenvalue weighted by molar-refractivity contribution is -0.305. The van der Waals surface area contributed by atoms with Crippen molar-refractivity contribution in [1.82, 2.24) is 0 Å². The summed E-state index contributed by atoms with van der Waals surface area (Å²) in [5.41, 5.74) is -1.46. The molecule has 8 nitrogen and oxygen atoms in total. The third-order valence-corrected chi connectivity index (χ3v) is 6.21. The number of aliphatic hydroxyl groups is 5. The third kappa shape index (κ3) is 2.52. The monoisotopic (exact) mass is 346 g/mol. The van der Waals surface area contributed by atoms with Crippen LogP contribution in [-0.4, -0.2) is 81.8 Å². The Morgan fingerprint density at radius 2 is 1.92 bits per heavy atom. The molecule has 0 aromatic rings. The standard InChI is InChI=1S/C16H26O8/c1-15(6-18)8-2-3-16(4-8,14(15)22)7-23-13-12(21)11(20)10(19)9(5-17)24-13/h8-13,17-21H,2-7H2,1H3. The van der Waals surface area contributed by atoms with Crippen LogP contribution < -0.4 is 0 Å². The highest BCUT2D eigenvalue weighted by atomic mass is 16.7. The van der Waals surface area contributed by atoms with E-state index in [1.165, 1.54) is 0 Å². The van der Waals surface area contributed by atoms with E-state index in [9.17, 15) is 30.3 Å². The lowest BCUT2D eigenvalue weighted by Crippen LogP contribution is -2.59. The van der Waals surface area contributed by atoms with Crippen LogP contribution in [0.2, 0.25) is 0 Å². The van der Waals surface area contributed by atoms with Crippen molar-refractivity contribution in [3.63, 3.8) is 0 Å². The molecule has 0 amide bonds. The molecule has 1 heterocycles. The molecule has 8 atom stereocenters. The average Bonchev–Trinajstić information content (AvgIpc) is 3.11. The predicted octanol–water partition coefficient (Wildman–Crippen LogP) is -1.83. The fourth-order valence-corrected chi connectivity index (χ4v) is 4.51. The molecule has 3 aliphatic rings. The van der Waals surface area contributed by atoms with Crippen molar-refractivity contribution in [2.45, 2.75) is 56.9 Å². The summed E-state index contributed by atoms with van der Waals surface area (Å²) in [5, 5.41) is 48.4. The van der Waals surface area contributed by atoms with E-state index >= 15 is 0 Å². The zero-order chi connectivity index (χ0) is 17.7. The van der Waals surface area contributed by atoms with E-state index in [1.54, 1.807) is 6.92 Å². The van der Waals surface area contributed by atoms with Crippen LogP contribution in [0.4, 0.5) is 0 Å². The summed E-state index contributed by atoms with van der Waals surface area (Å²) in [4.78, 5) is 12.8. The number of carbonyl (C=O) groups excluding carboxylic acids is 1. The van der Waals surface area contributed by atoms with Crippen molar-refractivity contribution in [2.75, 3.05) is 19.8 Å². The molecule has 138 valence electrons. The number of hydrogen-bond acceptors (Lipinski definition) is 8. The molecule has 0 spiro atoms. The molecule has 0 radical (unpaired) electrons. The zero-order valence-corrected chi connectivity index (χ0v) is 13.7. The van der Waals surface area contributed by atoms with Crippen molar-refractivity contribution < 1.29 is 39.8 Å². The van der Waals surface area contributed by atoms with Gasteiger partial charge in [0.05, 0.1) is 30.7 Å². The minimum absolute atomic E-state index is 0.0145. The molecule has 2 aliphatic carbocycles. The van der Waals surface area contributed by atoms with Crippen LogP contribution in [0.25, 0.3) is 0 Å². The van der Waals surface area contributed by atoms with Crippen molar-refractivity contribution >= 4 is 5.78 Å². The molecular weight excluding hydrogens is 320 g/mol. The van der Waals surface area contributed by atoms with Gasteiger partial charge in [-0.3, -0.25) is 4.79 Å². The van der Waals surface area contributed by atoms with Gasteiger partial charge in [0.1, 0.15) is 30.2 Å². The fourth-order valence-electron chi connectivity index (χ4n) is 4.51. The first-order valence-electron chi connectivity index (χ1n) is 8.37. The van der Waals surface area contributed by atoms with Gasteiger partial charge in [-0.2, -0.15) is 0 Å². The summed E-state index contributed by atoms with van der Waals surface area (Å²) in [5.74, 6) is 0.0896. The Morgan fingerprint density at radius 1 is 1.21 bits per heavy atom. The van der Waals surface area contributed by atoms with E-state index in [4.69, 9.17) is 9.47 Å². The Balaban J connectivity index is 1.68. The Kier molecular flexibility index (Phi) is 4.76. The number of Topliss-reactive ketones (excluding diaryl/α,β-unsaturated/α-hetero) is 1. The van der Waals surface area contributed by atoms with Crippen molar-refractivity contribution in [1.29, 1.82) is 0 Å². The van der Waals surface area contributed by atoms with Crippen LogP contribution in [-0.2, 0) is 14.3 Å². The quantitative estimate of drug-likeness (QED) is 0.392. The second kappa shape index (κ2) is 6.28. The highest BCUT2D eigenvalue weighted by molar-refractivity contribution is 5.94. The third-order valence-electron chi connectivity index (χ3n) is 6.21. The second-order valence-electron chi connectivity index (χ2n) is 7.63. The van der Waals surface area contributed by atoms with Gasteiger partial charge in [0.2, 0.25) is 0 Å². The normalized spacial score (nSPS) is 51.3.